The first kappa shape index (κ1) is 22.8. The normalized spacial score (nSPS) is 19.4. The molecule has 0 fully saturated rings. The van der Waals surface area contributed by atoms with Crippen molar-refractivity contribution in [2.24, 2.45) is 0 Å². The van der Waals surface area contributed by atoms with Crippen molar-refractivity contribution in [2.45, 2.75) is 67.6 Å². The molecular formula is C35H32BNS. The van der Waals surface area contributed by atoms with Gasteiger partial charge in [-0.05, 0) is 73.1 Å². The minimum atomic E-state index is 0.0536. The fourth-order valence-electron chi connectivity index (χ4n) is 7.74. The number of aromatic nitrogens is 1. The molecule has 1 aromatic heterocycles. The van der Waals surface area contributed by atoms with Crippen LogP contribution >= 0.6 is 11.8 Å². The third kappa shape index (κ3) is 3.03. The van der Waals surface area contributed by atoms with Gasteiger partial charge in [0.05, 0.1) is 5.52 Å². The van der Waals surface area contributed by atoms with Crippen LogP contribution in [0.25, 0.3) is 16.6 Å². The summed E-state index contributed by atoms with van der Waals surface area (Å²) in [5, 5.41) is 1.45. The molecule has 0 radical (unpaired) electrons. The first-order valence-electron chi connectivity index (χ1n) is 14.3. The third-order valence-corrected chi connectivity index (χ3v) is 10.9. The first-order valence-corrected chi connectivity index (χ1v) is 15.2. The Kier molecular flexibility index (Phi) is 5.05. The average Bonchev–Trinajstić information content (AvgIpc) is 3.08. The highest BCUT2D eigenvalue weighted by molar-refractivity contribution is 8.00. The molecule has 0 amide bonds. The monoisotopic (exact) mass is 509 g/mol. The van der Waals surface area contributed by atoms with Crippen molar-refractivity contribution in [1.82, 2.24) is 4.57 Å². The molecule has 2 aliphatic heterocycles. The van der Waals surface area contributed by atoms with Gasteiger partial charge in [-0.2, -0.15) is 0 Å². The van der Waals surface area contributed by atoms with Crippen molar-refractivity contribution < 1.29 is 0 Å². The van der Waals surface area contributed by atoms with Crippen molar-refractivity contribution in [3.63, 3.8) is 0 Å². The zero-order chi connectivity index (χ0) is 25.4. The highest BCUT2D eigenvalue weighted by Gasteiger charge is 2.45. The van der Waals surface area contributed by atoms with Crippen LogP contribution in [0.15, 0.2) is 94.7 Å². The smallest absolute Gasteiger partial charge is 0.244 e. The summed E-state index contributed by atoms with van der Waals surface area (Å²) in [6.45, 7) is 5.10. The van der Waals surface area contributed by atoms with E-state index in [1.807, 2.05) is 11.8 Å². The number of aryl methyl sites for hydroxylation is 1. The maximum absolute atomic E-state index is 2.59. The molecule has 1 unspecified atom stereocenters. The van der Waals surface area contributed by atoms with Crippen LogP contribution in [0.5, 0.6) is 0 Å². The van der Waals surface area contributed by atoms with Crippen LogP contribution < -0.4 is 16.4 Å². The molecule has 3 heteroatoms. The Morgan fingerprint density at radius 1 is 0.789 bits per heavy atom. The second-order valence-corrected chi connectivity index (χ2v) is 12.7. The molecule has 3 aliphatic rings. The van der Waals surface area contributed by atoms with Gasteiger partial charge in [-0.25, -0.2) is 0 Å². The van der Waals surface area contributed by atoms with Crippen LogP contribution in [0.3, 0.4) is 0 Å². The Morgan fingerprint density at radius 2 is 1.61 bits per heavy atom. The molecule has 8 rings (SSSR count). The van der Waals surface area contributed by atoms with Crippen molar-refractivity contribution in [3.05, 3.63) is 107 Å². The molecule has 186 valence electrons. The third-order valence-electron chi connectivity index (χ3n) is 9.74. The summed E-state index contributed by atoms with van der Waals surface area (Å²) in [4.78, 5) is 2.84. The van der Waals surface area contributed by atoms with Gasteiger partial charge >= 0.3 is 0 Å². The van der Waals surface area contributed by atoms with Gasteiger partial charge in [0.1, 0.15) is 0 Å². The van der Waals surface area contributed by atoms with E-state index in [-0.39, 0.29) is 5.41 Å². The van der Waals surface area contributed by atoms with Gasteiger partial charge < -0.3 is 4.57 Å². The SMILES string of the molecule is CCC1(C)c2ccccc2B2c3ccc(-n4c5c(c6ccccc64)CCCCC5)cc3Sc3cccc1c32. The summed E-state index contributed by atoms with van der Waals surface area (Å²) in [5.74, 6) is 0. The van der Waals surface area contributed by atoms with Crippen LogP contribution in [-0.4, -0.2) is 11.3 Å². The summed E-state index contributed by atoms with van der Waals surface area (Å²) < 4.78 is 2.59. The van der Waals surface area contributed by atoms with Gasteiger partial charge in [-0.1, -0.05) is 109 Å². The summed E-state index contributed by atoms with van der Waals surface area (Å²) in [6.07, 6.45) is 7.40. The summed E-state index contributed by atoms with van der Waals surface area (Å²) in [5.41, 5.74) is 13.4. The van der Waals surface area contributed by atoms with Gasteiger partial charge in [0.2, 0.25) is 6.71 Å². The van der Waals surface area contributed by atoms with Gasteiger partial charge in [0.15, 0.2) is 0 Å². The van der Waals surface area contributed by atoms with E-state index in [1.54, 1.807) is 11.0 Å². The summed E-state index contributed by atoms with van der Waals surface area (Å²) >= 11 is 1.98. The van der Waals surface area contributed by atoms with Gasteiger partial charge in [-0.15, -0.1) is 0 Å². The van der Waals surface area contributed by atoms with Crippen LogP contribution in [0.1, 0.15) is 61.9 Å². The number of rotatable bonds is 2. The van der Waals surface area contributed by atoms with Crippen molar-refractivity contribution in [1.29, 1.82) is 0 Å². The molecule has 0 spiro atoms. The lowest BCUT2D eigenvalue weighted by Gasteiger charge is -2.43. The highest BCUT2D eigenvalue weighted by atomic mass is 32.2. The van der Waals surface area contributed by atoms with Crippen molar-refractivity contribution >= 4 is 45.8 Å². The second kappa shape index (κ2) is 8.42. The molecule has 1 aliphatic carbocycles. The molecule has 0 bridgehead atoms. The van der Waals surface area contributed by atoms with Gasteiger partial charge in [-0.3, -0.25) is 0 Å². The minimum absolute atomic E-state index is 0.0536. The number of para-hydroxylation sites is 1. The number of hydrogen-bond donors (Lipinski definition) is 0. The van der Waals surface area contributed by atoms with Crippen LogP contribution in [0.4, 0.5) is 0 Å². The Labute approximate surface area is 230 Å². The van der Waals surface area contributed by atoms with E-state index < -0.39 is 0 Å². The summed E-state index contributed by atoms with van der Waals surface area (Å²) in [7, 11) is 0. The quantitative estimate of drug-likeness (QED) is 0.181. The topological polar surface area (TPSA) is 4.93 Å². The molecule has 0 saturated carbocycles. The Morgan fingerprint density at radius 3 is 2.53 bits per heavy atom. The van der Waals surface area contributed by atoms with E-state index in [1.165, 1.54) is 86.2 Å². The van der Waals surface area contributed by atoms with Crippen molar-refractivity contribution in [3.8, 4) is 5.69 Å². The van der Waals surface area contributed by atoms with Gasteiger partial charge in [0, 0.05) is 32.0 Å². The maximum Gasteiger partial charge on any atom is 0.244 e. The first-order chi connectivity index (χ1) is 18.7. The van der Waals surface area contributed by atoms with E-state index in [0.29, 0.717) is 6.71 Å². The van der Waals surface area contributed by atoms with E-state index in [2.05, 4.69) is 103 Å². The molecule has 1 nitrogen and oxygen atoms in total. The predicted octanol–water partition coefficient (Wildman–Crippen LogP) is 6.91. The van der Waals surface area contributed by atoms with Gasteiger partial charge in [0.25, 0.3) is 0 Å². The fourth-order valence-corrected chi connectivity index (χ4v) is 8.95. The Balaban J connectivity index is 1.35. The number of hydrogen-bond acceptors (Lipinski definition) is 1. The lowest BCUT2D eigenvalue weighted by atomic mass is 9.31. The van der Waals surface area contributed by atoms with Crippen molar-refractivity contribution in [2.75, 3.05) is 0 Å². The average molecular weight is 510 g/mol. The van der Waals surface area contributed by atoms with Crippen LogP contribution in [0, 0.1) is 0 Å². The lowest BCUT2D eigenvalue weighted by Crippen LogP contribution is -2.63. The molecule has 0 saturated heterocycles. The Bertz CT molecular complexity index is 1750. The van der Waals surface area contributed by atoms with E-state index in [4.69, 9.17) is 0 Å². The van der Waals surface area contributed by atoms with E-state index in [9.17, 15) is 0 Å². The number of benzene rings is 4. The molecule has 0 N–H and O–H groups in total. The van der Waals surface area contributed by atoms with E-state index in [0.717, 1.165) is 6.42 Å². The van der Waals surface area contributed by atoms with E-state index >= 15 is 0 Å². The molecule has 1 atom stereocenters. The second-order valence-electron chi connectivity index (χ2n) is 11.6. The number of nitrogens with zero attached hydrogens (tertiary/aromatic N) is 1. The molecule has 38 heavy (non-hydrogen) atoms. The molecule has 5 aromatic rings. The Hall–Kier alpha value is -3.17. The minimum Gasteiger partial charge on any atom is -0.313 e. The zero-order valence-electron chi connectivity index (χ0n) is 22.3. The standard InChI is InChI=1S/C35H32BNS/c1-3-35(2)26-14-8-9-16-28(26)36-29-21-20-23(22-33(29)38-32-19-11-15-27(35)34(32)36)37-30-17-6-4-5-12-24(30)25-13-7-10-18-31(25)37/h7-11,13-16,18-22H,3-6,12,17H2,1-2H3. The van der Waals surface area contributed by atoms with Crippen LogP contribution in [0.2, 0.25) is 0 Å². The molecule has 3 heterocycles. The zero-order valence-corrected chi connectivity index (χ0v) is 23.1. The highest BCUT2D eigenvalue weighted by Crippen LogP contribution is 2.42. The fraction of sp³-hybridized carbons (Fsp3) is 0.257. The molecular weight excluding hydrogens is 477 g/mol. The maximum atomic E-state index is 2.59. The van der Waals surface area contributed by atoms with Crippen LogP contribution in [-0.2, 0) is 18.3 Å². The summed E-state index contributed by atoms with van der Waals surface area (Å²) in [6, 6.07) is 32.7. The predicted molar refractivity (Wildman–Crippen MR) is 163 cm³/mol. The largest absolute Gasteiger partial charge is 0.313 e. The molecule has 4 aromatic carbocycles. The number of fused-ring (bicyclic) bond motifs is 7. The lowest BCUT2D eigenvalue weighted by molar-refractivity contribution is 0.552.